The Hall–Kier alpha value is -1.99. The fraction of sp³-hybridized carbons (Fsp3) is 0.543. The van der Waals surface area contributed by atoms with Crippen LogP contribution in [0.3, 0.4) is 0 Å². The first-order valence-corrected chi connectivity index (χ1v) is 15.3. The molecule has 3 rings (SSSR count). The Kier molecular flexibility index (Phi) is 14.9. The molecule has 1 aliphatic heterocycles. The van der Waals surface area contributed by atoms with E-state index in [1.165, 1.54) is 78.3 Å². The van der Waals surface area contributed by atoms with Crippen LogP contribution in [0.2, 0.25) is 0 Å². The molecule has 0 amide bonds. The molecule has 2 aromatic rings. The van der Waals surface area contributed by atoms with Crippen molar-refractivity contribution in [3.8, 4) is 0 Å². The molecule has 0 radical (unpaired) electrons. The first-order valence-electron chi connectivity index (χ1n) is 15.3. The van der Waals surface area contributed by atoms with Crippen molar-refractivity contribution in [3.63, 3.8) is 0 Å². The number of hydrogen-bond donors (Lipinski definition) is 0. The third kappa shape index (κ3) is 8.77. The van der Waals surface area contributed by atoms with Gasteiger partial charge in [-0.2, -0.15) is 0 Å². The molecule has 1 heterocycles. The summed E-state index contributed by atoms with van der Waals surface area (Å²) in [4.78, 5) is 0. The first kappa shape index (κ1) is 32.2. The summed E-state index contributed by atoms with van der Waals surface area (Å²) >= 11 is 0. The molecule has 0 saturated carbocycles. The van der Waals surface area contributed by atoms with Crippen LogP contribution in [0, 0.1) is 0 Å². The molecule has 2 aromatic carbocycles. The molecule has 0 spiro atoms. The molecule has 0 aromatic heterocycles. The molecule has 0 saturated heterocycles. The summed E-state index contributed by atoms with van der Waals surface area (Å²) in [6, 6.07) is 18.0. The number of nitrogens with zero attached hydrogens (tertiary/aromatic N) is 2. The van der Waals surface area contributed by atoms with Crippen molar-refractivity contribution >= 4 is 11.4 Å². The summed E-state index contributed by atoms with van der Waals surface area (Å²) in [5.41, 5.74) is 21.5. The maximum Gasteiger partial charge on any atom is 0.211 e. The second-order valence-corrected chi connectivity index (χ2v) is 10.8. The summed E-state index contributed by atoms with van der Waals surface area (Å²) in [7, 11) is 0. The first-order chi connectivity index (χ1) is 18.1. The Morgan fingerprint density at radius 3 is 1.32 bits per heavy atom. The molecule has 0 bridgehead atoms. The van der Waals surface area contributed by atoms with Crippen LogP contribution in [-0.2, 0) is 29.3 Å². The zero-order valence-electron chi connectivity index (χ0n) is 24.4. The molecule has 0 fully saturated rings. The zero-order chi connectivity index (χ0) is 26.5. The van der Waals surface area contributed by atoms with Crippen LogP contribution in [-0.4, -0.2) is 4.70 Å². The zero-order valence-corrected chi connectivity index (χ0v) is 25.4. The van der Waals surface area contributed by atoms with Crippen LogP contribution < -0.4 is 0 Å². The van der Waals surface area contributed by atoms with Gasteiger partial charge in [0.05, 0.1) is 0 Å². The molecule has 0 atom stereocenters. The SMILES string of the molecule is CCCCCCc1ccc(C2=C(CCCCC)C(CCCC)=C(c3ccc(CCCC)cc3)[N+]2=[N-])cc1.[Ni]. The minimum absolute atomic E-state index is 0. The van der Waals surface area contributed by atoms with Gasteiger partial charge < -0.3 is 5.53 Å². The molecule has 0 unspecified atom stereocenters. The van der Waals surface area contributed by atoms with Crippen molar-refractivity contribution in [2.75, 3.05) is 0 Å². The minimum atomic E-state index is 0. The van der Waals surface area contributed by atoms with Crippen LogP contribution in [0.15, 0.2) is 59.7 Å². The Balaban J connectivity index is 0.00000507. The van der Waals surface area contributed by atoms with Crippen molar-refractivity contribution in [3.05, 3.63) is 87.5 Å². The molecular weight excluding hydrogens is 507 g/mol. The van der Waals surface area contributed by atoms with Gasteiger partial charge in [0, 0.05) is 38.8 Å². The second-order valence-electron chi connectivity index (χ2n) is 10.8. The standard InChI is InChI=1S/C35H50N2.Ni/c1-5-9-13-15-17-29-22-26-31(27-23-29)35-33(19-14-10-6-2)32(18-12-8-4)34(37(35)36)30-24-20-28(21-25-30)16-11-7-3;/h20-27H,5-19H2,1-4H3;. The Bertz CT molecular complexity index is 1040. The van der Waals surface area contributed by atoms with Crippen molar-refractivity contribution in [2.24, 2.45) is 0 Å². The van der Waals surface area contributed by atoms with Crippen molar-refractivity contribution in [1.29, 1.82) is 0 Å². The molecule has 1 aliphatic rings. The largest absolute Gasteiger partial charge is 0.493 e. The number of unbranched alkanes of at least 4 members (excludes halogenated alkanes) is 7. The number of hydrogen-bond acceptors (Lipinski definition) is 0. The van der Waals surface area contributed by atoms with Crippen LogP contribution in [0.1, 0.15) is 133 Å². The number of aryl methyl sites for hydroxylation is 2. The fourth-order valence-electron chi connectivity index (χ4n) is 5.49. The summed E-state index contributed by atoms with van der Waals surface area (Å²) in [6.45, 7) is 9.03. The van der Waals surface area contributed by atoms with Crippen molar-refractivity contribution in [1.82, 2.24) is 0 Å². The van der Waals surface area contributed by atoms with Gasteiger partial charge >= 0.3 is 0 Å². The van der Waals surface area contributed by atoms with Gasteiger partial charge in [-0.25, -0.2) is 4.70 Å². The van der Waals surface area contributed by atoms with Gasteiger partial charge in [0.1, 0.15) is 0 Å². The second kappa shape index (κ2) is 17.6. The van der Waals surface area contributed by atoms with E-state index in [9.17, 15) is 5.53 Å². The van der Waals surface area contributed by atoms with Crippen LogP contribution >= 0.6 is 0 Å². The quantitative estimate of drug-likeness (QED) is 0.105. The molecule has 0 N–H and O–H groups in total. The molecule has 3 heteroatoms. The van der Waals surface area contributed by atoms with Crippen LogP contribution in [0.25, 0.3) is 16.9 Å². The van der Waals surface area contributed by atoms with E-state index < -0.39 is 0 Å². The predicted octanol–water partition coefficient (Wildman–Crippen LogP) is 11.1. The van der Waals surface area contributed by atoms with E-state index in [1.54, 1.807) is 0 Å². The van der Waals surface area contributed by atoms with E-state index in [1.807, 2.05) is 0 Å². The Morgan fingerprint density at radius 2 is 0.842 bits per heavy atom. The number of allylic oxidation sites excluding steroid dienone is 2. The molecule has 38 heavy (non-hydrogen) atoms. The molecule has 2 nitrogen and oxygen atoms in total. The average Bonchev–Trinajstić information content (AvgIpc) is 3.20. The van der Waals surface area contributed by atoms with Crippen LogP contribution in [0.4, 0.5) is 0 Å². The molecule has 210 valence electrons. The average molecular weight is 557 g/mol. The maximum absolute atomic E-state index is 11.8. The monoisotopic (exact) mass is 556 g/mol. The van der Waals surface area contributed by atoms with Gasteiger partial charge in [0.15, 0.2) is 0 Å². The number of benzene rings is 2. The van der Waals surface area contributed by atoms with Gasteiger partial charge in [-0.3, -0.25) is 0 Å². The van der Waals surface area contributed by atoms with E-state index >= 15 is 0 Å². The van der Waals surface area contributed by atoms with Gasteiger partial charge in [0.2, 0.25) is 11.4 Å². The Labute approximate surface area is 243 Å². The summed E-state index contributed by atoms with van der Waals surface area (Å²) in [6.07, 6.45) is 17.8. The summed E-state index contributed by atoms with van der Waals surface area (Å²) in [5.74, 6) is 0. The van der Waals surface area contributed by atoms with Gasteiger partial charge in [-0.1, -0.05) is 96.9 Å². The van der Waals surface area contributed by atoms with Crippen molar-refractivity contribution < 1.29 is 21.2 Å². The maximum atomic E-state index is 11.8. The smallest absolute Gasteiger partial charge is 0.211 e. The summed E-state index contributed by atoms with van der Waals surface area (Å²) < 4.78 is 1.53. The summed E-state index contributed by atoms with van der Waals surface area (Å²) in [5, 5.41) is 0. The normalized spacial score (nSPS) is 13.4. The minimum Gasteiger partial charge on any atom is -0.493 e. The van der Waals surface area contributed by atoms with Gasteiger partial charge in [-0.15, -0.1) is 0 Å². The topological polar surface area (TPSA) is 25.3 Å². The molecular formula is C35H50N2Ni. The van der Waals surface area contributed by atoms with E-state index in [4.69, 9.17) is 0 Å². The van der Waals surface area contributed by atoms with Crippen molar-refractivity contribution in [2.45, 2.75) is 124 Å². The molecule has 0 aliphatic carbocycles. The van der Waals surface area contributed by atoms with Gasteiger partial charge in [0.25, 0.3) is 0 Å². The van der Waals surface area contributed by atoms with E-state index in [0.717, 1.165) is 67.5 Å². The van der Waals surface area contributed by atoms with E-state index in [-0.39, 0.29) is 16.5 Å². The number of rotatable bonds is 17. The fourth-order valence-corrected chi connectivity index (χ4v) is 5.49. The third-order valence-electron chi connectivity index (χ3n) is 7.76. The van der Waals surface area contributed by atoms with Crippen LogP contribution in [0.5, 0.6) is 0 Å². The van der Waals surface area contributed by atoms with E-state index in [2.05, 4.69) is 76.2 Å². The Morgan fingerprint density at radius 1 is 0.474 bits per heavy atom. The predicted molar refractivity (Wildman–Crippen MR) is 160 cm³/mol. The van der Waals surface area contributed by atoms with E-state index in [0.29, 0.717) is 0 Å². The van der Waals surface area contributed by atoms with Gasteiger partial charge in [-0.05, 0) is 86.8 Å². The third-order valence-corrected chi connectivity index (χ3v) is 7.76.